The Morgan fingerprint density at radius 3 is 1.46 bits per heavy atom. The molecule has 2 heteroatoms. The topological polar surface area (TPSA) is 9.23 Å². The average molecular weight is 685 g/mol. The lowest BCUT2D eigenvalue weighted by atomic mass is 9.35. The Kier molecular flexibility index (Phi) is 7.03. The van der Waals surface area contributed by atoms with Crippen molar-refractivity contribution >= 4 is 55.4 Å². The third-order valence-electron chi connectivity index (χ3n) is 11.4. The first-order chi connectivity index (χ1) is 26.8. The summed E-state index contributed by atoms with van der Waals surface area (Å²) in [5, 5.41) is 7.49. The molecule has 10 aromatic rings. The van der Waals surface area contributed by atoms with Crippen LogP contribution in [0.15, 0.2) is 200 Å². The minimum atomic E-state index is 0.0345. The van der Waals surface area contributed by atoms with Crippen LogP contribution in [0.3, 0.4) is 0 Å². The molecule has 0 aromatic heterocycles. The zero-order chi connectivity index (χ0) is 35.6. The molecule has 0 saturated heterocycles. The van der Waals surface area contributed by atoms with E-state index in [9.17, 15) is 0 Å². The van der Waals surface area contributed by atoms with E-state index in [2.05, 4.69) is 200 Å². The van der Waals surface area contributed by atoms with Crippen LogP contribution in [0.25, 0.3) is 76.8 Å². The van der Waals surface area contributed by atoms with Gasteiger partial charge in [0.15, 0.2) is 0 Å². The number of fused-ring (bicyclic) bond motifs is 3. The molecule has 0 N–H and O–H groups in total. The van der Waals surface area contributed by atoms with E-state index in [1.54, 1.807) is 0 Å². The number of benzene rings is 10. The summed E-state index contributed by atoms with van der Waals surface area (Å²) in [6, 6.07) is 72.9. The van der Waals surface area contributed by atoms with Gasteiger partial charge in [-0.3, -0.25) is 0 Å². The van der Waals surface area contributed by atoms with E-state index < -0.39 is 0 Å². The van der Waals surface area contributed by atoms with Gasteiger partial charge in [-0.05, 0) is 106 Å². The van der Waals surface area contributed by atoms with Crippen molar-refractivity contribution in [2.24, 2.45) is 0 Å². The SMILES string of the molecule is c1ccc(B2c3ccccc3Oc3cc4ccc5c(-c6ccccc6-c6ccccc6)cc(-c6ccccc6-c6ccccc6)c6ccc(c32)c4c56)cc1. The monoisotopic (exact) mass is 684 g/mol. The second-order valence-corrected chi connectivity index (χ2v) is 14.3. The molecule has 1 heterocycles. The first kappa shape index (κ1) is 30.7. The van der Waals surface area contributed by atoms with E-state index in [1.807, 2.05) is 0 Å². The Balaban J connectivity index is 1.28. The third-order valence-corrected chi connectivity index (χ3v) is 11.4. The van der Waals surface area contributed by atoms with Crippen molar-refractivity contribution < 1.29 is 4.74 Å². The zero-order valence-electron chi connectivity index (χ0n) is 29.5. The summed E-state index contributed by atoms with van der Waals surface area (Å²) in [7, 11) is 0. The molecule has 10 aromatic carbocycles. The van der Waals surface area contributed by atoms with Crippen LogP contribution in [-0.4, -0.2) is 6.71 Å². The average Bonchev–Trinajstić information content (AvgIpc) is 3.25. The van der Waals surface area contributed by atoms with Gasteiger partial charge in [-0.1, -0.05) is 187 Å². The fraction of sp³-hybridized carbons (Fsp3) is 0. The largest absolute Gasteiger partial charge is 0.458 e. The van der Waals surface area contributed by atoms with Crippen LogP contribution in [0.1, 0.15) is 0 Å². The van der Waals surface area contributed by atoms with Crippen molar-refractivity contribution in [2.45, 2.75) is 0 Å². The van der Waals surface area contributed by atoms with Gasteiger partial charge in [0, 0.05) is 0 Å². The van der Waals surface area contributed by atoms with Gasteiger partial charge < -0.3 is 4.74 Å². The Morgan fingerprint density at radius 1 is 0.333 bits per heavy atom. The normalized spacial score (nSPS) is 12.2. The second kappa shape index (κ2) is 12.4. The molecular weight excluding hydrogens is 651 g/mol. The predicted octanol–water partition coefficient (Wildman–Crippen LogP) is 11.9. The molecule has 0 aliphatic carbocycles. The Bertz CT molecular complexity index is 2900. The molecule has 0 atom stereocenters. The molecule has 0 saturated carbocycles. The first-order valence-electron chi connectivity index (χ1n) is 18.7. The van der Waals surface area contributed by atoms with Crippen molar-refractivity contribution in [2.75, 3.05) is 0 Å². The Morgan fingerprint density at radius 2 is 0.833 bits per heavy atom. The third kappa shape index (κ3) is 4.74. The van der Waals surface area contributed by atoms with Crippen LogP contribution in [0.2, 0.25) is 0 Å². The molecule has 54 heavy (non-hydrogen) atoms. The Hall–Kier alpha value is -6.90. The summed E-state index contributed by atoms with van der Waals surface area (Å²) in [5.74, 6) is 1.85. The Labute approximate surface area is 315 Å². The lowest BCUT2D eigenvalue weighted by Gasteiger charge is -2.29. The molecule has 250 valence electrons. The highest BCUT2D eigenvalue weighted by molar-refractivity contribution is 6.98. The van der Waals surface area contributed by atoms with Crippen LogP contribution in [0, 0.1) is 0 Å². The van der Waals surface area contributed by atoms with Gasteiger partial charge in [-0.15, -0.1) is 0 Å². The molecule has 1 aliphatic rings. The summed E-state index contributed by atoms with van der Waals surface area (Å²) in [6.45, 7) is 0.0345. The molecule has 0 unspecified atom stereocenters. The molecule has 0 radical (unpaired) electrons. The van der Waals surface area contributed by atoms with Crippen LogP contribution < -0.4 is 21.1 Å². The number of para-hydroxylation sites is 1. The molecule has 1 nitrogen and oxygen atoms in total. The maximum atomic E-state index is 6.79. The number of rotatable bonds is 5. The van der Waals surface area contributed by atoms with E-state index in [0.29, 0.717) is 0 Å². The lowest BCUT2D eigenvalue weighted by molar-refractivity contribution is 0.488. The summed E-state index contributed by atoms with van der Waals surface area (Å²) in [6.07, 6.45) is 0. The number of hydrogen-bond donors (Lipinski definition) is 0. The highest BCUT2D eigenvalue weighted by Crippen LogP contribution is 2.48. The smallest absolute Gasteiger partial charge is 0.251 e. The van der Waals surface area contributed by atoms with Crippen LogP contribution in [-0.2, 0) is 0 Å². The van der Waals surface area contributed by atoms with Gasteiger partial charge in [0.25, 0.3) is 6.71 Å². The zero-order valence-corrected chi connectivity index (χ0v) is 29.5. The van der Waals surface area contributed by atoms with Gasteiger partial charge in [-0.2, -0.15) is 0 Å². The molecular formula is C52H33BO. The standard InChI is InChI=1S/C52H33BO/c1-4-16-34(17-5-1)38-22-10-12-24-40(38)45-33-46(41-25-13-11-23-39(41)35-18-6-2-7-19-35)43-30-31-44-50-36(28-29-42(45)51(43)50)32-49-52(44)53(37-20-8-3-9-21-37)47-26-14-15-27-48(47)54-49/h1-33H. The molecule has 0 fully saturated rings. The fourth-order valence-corrected chi connectivity index (χ4v) is 9.05. The number of ether oxygens (including phenoxy) is 1. The lowest BCUT2D eigenvalue weighted by Crippen LogP contribution is -2.55. The summed E-state index contributed by atoms with van der Waals surface area (Å²) >= 11 is 0. The summed E-state index contributed by atoms with van der Waals surface area (Å²) in [4.78, 5) is 0. The maximum absolute atomic E-state index is 6.79. The van der Waals surface area contributed by atoms with Gasteiger partial charge in [-0.25, -0.2) is 0 Å². The van der Waals surface area contributed by atoms with Gasteiger partial charge >= 0.3 is 0 Å². The predicted molar refractivity (Wildman–Crippen MR) is 230 cm³/mol. The van der Waals surface area contributed by atoms with Crippen molar-refractivity contribution in [3.63, 3.8) is 0 Å². The van der Waals surface area contributed by atoms with Crippen molar-refractivity contribution in [3.05, 3.63) is 200 Å². The minimum absolute atomic E-state index is 0.0345. The minimum Gasteiger partial charge on any atom is -0.458 e. The van der Waals surface area contributed by atoms with Gasteiger partial charge in [0.05, 0.1) is 0 Å². The van der Waals surface area contributed by atoms with E-state index in [1.165, 1.54) is 93.2 Å². The van der Waals surface area contributed by atoms with Crippen molar-refractivity contribution in [1.29, 1.82) is 0 Å². The van der Waals surface area contributed by atoms with E-state index in [-0.39, 0.29) is 6.71 Å². The summed E-state index contributed by atoms with van der Waals surface area (Å²) in [5.41, 5.74) is 13.5. The molecule has 0 bridgehead atoms. The fourth-order valence-electron chi connectivity index (χ4n) is 9.05. The van der Waals surface area contributed by atoms with Crippen LogP contribution in [0.4, 0.5) is 0 Å². The molecule has 1 aliphatic heterocycles. The maximum Gasteiger partial charge on any atom is 0.251 e. The summed E-state index contributed by atoms with van der Waals surface area (Å²) < 4.78 is 6.79. The second-order valence-electron chi connectivity index (χ2n) is 14.3. The van der Waals surface area contributed by atoms with Gasteiger partial charge in [0.1, 0.15) is 11.5 Å². The highest BCUT2D eigenvalue weighted by atomic mass is 16.5. The van der Waals surface area contributed by atoms with Crippen LogP contribution in [0.5, 0.6) is 11.5 Å². The molecule has 11 rings (SSSR count). The van der Waals surface area contributed by atoms with E-state index in [0.717, 1.165) is 11.5 Å². The van der Waals surface area contributed by atoms with E-state index >= 15 is 0 Å². The van der Waals surface area contributed by atoms with E-state index in [4.69, 9.17) is 4.74 Å². The highest BCUT2D eigenvalue weighted by Gasteiger charge is 2.35. The van der Waals surface area contributed by atoms with Crippen LogP contribution >= 0.6 is 0 Å². The van der Waals surface area contributed by atoms with Crippen molar-refractivity contribution in [1.82, 2.24) is 0 Å². The first-order valence-corrected chi connectivity index (χ1v) is 18.7. The molecule has 0 spiro atoms. The molecule has 0 amide bonds. The van der Waals surface area contributed by atoms with Gasteiger partial charge in [0.2, 0.25) is 0 Å². The number of hydrogen-bond acceptors (Lipinski definition) is 1. The van der Waals surface area contributed by atoms with Crippen molar-refractivity contribution in [3.8, 4) is 56.0 Å². The quantitative estimate of drug-likeness (QED) is 0.130.